The molecule has 196 valence electrons. The van der Waals surface area contributed by atoms with Gasteiger partial charge in [-0.3, -0.25) is 14.7 Å². The Morgan fingerprint density at radius 3 is 2.49 bits per heavy atom. The highest BCUT2D eigenvalue weighted by atomic mass is 32.2. The third-order valence-electron chi connectivity index (χ3n) is 5.84. The molecule has 3 aromatic rings. The summed E-state index contributed by atoms with van der Waals surface area (Å²) in [6, 6.07) is 15.4. The van der Waals surface area contributed by atoms with Crippen molar-refractivity contribution in [3.8, 4) is 0 Å². The second-order valence-electron chi connectivity index (χ2n) is 8.66. The number of rotatable bonds is 10. The molecule has 1 fully saturated rings. The molecule has 0 spiro atoms. The Kier molecular flexibility index (Phi) is 9.29. The van der Waals surface area contributed by atoms with E-state index in [2.05, 4.69) is 20.5 Å². The van der Waals surface area contributed by atoms with E-state index in [-0.39, 0.29) is 24.7 Å². The lowest BCUT2D eigenvalue weighted by Gasteiger charge is -2.36. The highest BCUT2D eigenvalue weighted by Crippen LogP contribution is 2.39. The first-order chi connectivity index (χ1) is 17.9. The summed E-state index contributed by atoms with van der Waals surface area (Å²) >= 11 is 1.54. The van der Waals surface area contributed by atoms with Crippen molar-refractivity contribution in [3.63, 3.8) is 0 Å². The summed E-state index contributed by atoms with van der Waals surface area (Å²) < 4.78 is 17.6. The van der Waals surface area contributed by atoms with E-state index in [1.807, 2.05) is 48.5 Å². The minimum atomic E-state index is -0.851. The van der Waals surface area contributed by atoms with Crippen LogP contribution in [0, 0.1) is 0 Å². The standard InChI is InChI=1S/C26H30N4O6S/c1-16(34-17(2)32)24(33)27-12-18-3-9-21(10-4-18)25-35-22(14-37-26-28-15-29-30-26)11-23(36-25)20-7-5-19(13-31)6-8-20/h3-10,15-16,22-23,25,31H,11-14H2,1-2H3,(H,27,33)(H,28,29,30). The molecule has 1 aromatic heterocycles. The van der Waals surface area contributed by atoms with Crippen LogP contribution in [0.15, 0.2) is 60.0 Å². The number of ether oxygens (including phenoxy) is 3. The molecular formula is C26H30N4O6S. The van der Waals surface area contributed by atoms with E-state index in [0.29, 0.717) is 18.7 Å². The number of carbonyl (C=O) groups excluding carboxylic acids is 2. The maximum Gasteiger partial charge on any atom is 0.303 e. The first-order valence-electron chi connectivity index (χ1n) is 11.9. The van der Waals surface area contributed by atoms with E-state index in [9.17, 15) is 14.7 Å². The van der Waals surface area contributed by atoms with Gasteiger partial charge in [-0.05, 0) is 23.6 Å². The number of thioether (sulfide) groups is 1. The molecule has 4 unspecified atom stereocenters. The molecule has 0 aliphatic carbocycles. The maximum absolute atomic E-state index is 12.1. The van der Waals surface area contributed by atoms with E-state index in [1.54, 1.807) is 0 Å². The minimum Gasteiger partial charge on any atom is -0.453 e. The smallest absolute Gasteiger partial charge is 0.303 e. The van der Waals surface area contributed by atoms with Crippen molar-refractivity contribution in [1.82, 2.24) is 20.5 Å². The molecular weight excluding hydrogens is 496 g/mol. The summed E-state index contributed by atoms with van der Waals surface area (Å²) in [4.78, 5) is 27.3. The van der Waals surface area contributed by atoms with Crippen molar-refractivity contribution in [2.24, 2.45) is 0 Å². The fourth-order valence-electron chi connectivity index (χ4n) is 3.89. The molecule has 2 aromatic carbocycles. The van der Waals surface area contributed by atoms with Crippen LogP contribution in [0.5, 0.6) is 0 Å². The molecule has 11 heteroatoms. The number of aromatic nitrogens is 3. The molecule has 3 N–H and O–H groups in total. The lowest BCUT2D eigenvalue weighted by atomic mass is 10.0. The number of amides is 1. The number of hydrogen-bond acceptors (Lipinski definition) is 9. The zero-order chi connectivity index (χ0) is 26.2. The van der Waals surface area contributed by atoms with Crippen LogP contribution in [0.2, 0.25) is 0 Å². The van der Waals surface area contributed by atoms with Crippen molar-refractivity contribution in [2.75, 3.05) is 5.75 Å². The third-order valence-corrected chi connectivity index (χ3v) is 6.85. The highest BCUT2D eigenvalue weighted by Gasteiger charge is 2.32. The average molecular weight is 527 g/mol. The van der Waals surface area contributed by atoms with E-state index < -0.39 is 18.4 Å². The van der Waals surface area contributed by atoms with E-state index in [0.717, 1.165) is 27.4 Å². The molecule has 1 aliphatic rings. The van der Waals surface area contributed by atoms with Gasteiger partial charge in [0.1, 0.15) is 6.33 Å². The first kappa shape index (κ1) is 26.8. The number of H-pyrrole nitrogens is 1. The maximum atomic E-state index is 12.1. The molecule has 4 atom stereocenters. The summed E-state index contributed by atoms with van der Waals surface area (Å²) in [6.45, 7) is 3.09. The minimum absolute atomic E-state index is 0.0105. The predicted molar refractivity (Wildman–Crippen MR) is 135 cm³/mol. The molecule has 2 heterocycles. The Balaban J connectivity index is 1.42. The van der Waals surface area contributed by atoms with Crippen molar-refractivity contribution in [1.29, 1.82) is 0 Å². The monoisotopic (exact) mass is 526 g/mol. The number of nitrogens with one attached hydrogen (secondary N) is 2. The Morgan fingerprint density at radius 2 is 1.84 bits per heavy atom. The second kappa shape index (κ2) is 12.8. The van der Waals surface area contributed by atoms with Gasteiger partial charge >= 0.3 is 5.97 Å². The fourth-order valence-corrected chi connectivity index (χ4v) is 4.68. The first-order valence-corrected chi connectivity index (χ1v) is 12.9. The molecule has 0 saturated carbocycles. The second-order valence-corrected chi connectivity index (χ2v) is 9.67. The predicted octanol–water partition coefficient (Wildman–Crippen LogP) is 3.20. The largest absolute Gasteiger partial charge is 0.453 e. The van der Waals surface area contributed by atoms with E-state index in [1.165, 1.54) is 31.9 Å². The topological polar surface area (TPSA) is 136 Å². The Labute approximate surface area is 219 Å². The van der Waals surface area contributed by atoms with Gasteiger partial charge in [0, 0.05) is 31.2 Å². The van der Waals surface area contributed by atoms with Crippen LogP contribution in [-0.4, -0.2) is 50.1 Å². The van der Waals surface area contributed by atoms with Gasteiger partial charge in [0.15, 0.2) is 17.6 Å². The van der Waals surface area contributed by atoms with Crippen LogP contribution in [0.3, 0.4) is 0 Å². The van der Waals surface area contributed by atoms with Gasteiger partial charge in [-0.25, -0.2) is 4.98 Å². The van der Waals surface area contributed by atoms with E-state index in [4.69, 9.17) is 14.2 Å². The van der Waals surface area contributed by atoms with Gasteiger partial charge < -0.3 is 24.6 Å². The van der Waals surface area contributed by atoms with Gasteiger partial charge in [-0.1, -0.05) is 60.3 Å². The van der Waals surface area contributed by atoms with Crippen LogP contribution in [0.4, 0.5) is 0 Å². The van der Waals surface area contributed by atoms with Gasteiger partial charge in [-0.15, -0.1) is 0 Å². The summed E-state index contributed by atoms with van der Waals surface area (Å²) in [5.41, 5.74) is 3.60. The van der Waals surface area contributed by atoms with Crippen LogP contribution in [0.25, 0.3) is 0 Å². The van der Waals surface area contributed by atoms with Crippen molar-refractivity contribution < 1.29 is 28.9 Å². The van der Waals surface area contributed by atoms with Gasteiger partial charge in [-0.2, -0.15) is 5.10 Å². The number of hydrogen-bond donors (Lipinski definition) is 3. The third kappa shape index (κ3) is 7.62. The number of aliphatic hydroxyl groups is 1. The van der Waals surface area contributed by atoms with Crippen LogP contribution < -0.4 is 5.32 Å². The molecule has 0 radical (unpaired) electrons. The van der Waals surface area contributed by atoms with Crippen LogP contribution in [0.1, 0.15) is 54.9 Å². The lowest BCUT2D eigenvalue weighted by molar-refractivity contribution is -0.245. The van der Waals surface area contributed by atoms with Crippen molar-refractivity contribution in [2.45, 2.75) is 63.2 Å². The molecule has 4 rings (SSSR count). The summed E-state index contributed by atoms with van der Waals surface area (Å²) in [5, 5.41) is 19.6. The number of benzene rings is 2. The number of nitrogens with zero attached hydrogens (tertiary/aromatic N) is 2. The zero-order valence-corrected chi connectivity index (χ0v) is 21.4. The van der Waals surface area contributed by atoms with Crippen molar-refractivity contribution in [3.05, 3.63) is 77.1 Å². The summed E-state index contributed by atoms with van der Waals surface area (Å²) in [7, 11) is 0. The van der Waals surface area contributed by atoms with Crippen LogP contribution in [-0.2, 0) is 37.0 Å². The number of aliphatic hydroxyl groups excluding tert-OH is 1. The SMILES string of the molecule is CC(=O)OC(C)C(=O)NCc1ccc(C2OC(CSc3ncn[nH]3)CC(c3ccc(CO)cc3)O2)cc1. The van der Waals surface area contributed by atoms with Gasteiger partial charge in [0.05, 0.1) is 18.8 Å². The van der Waals surface area contributed by atoms with E-state index >= 15 is 0 Å². The summed E-state index contributed by atoms with van der Waals surface area (Å²) in [5.74, 6) is -0.190. The molecule has 37 heavy (non-hydrogen) atoms. The van der Waals surface area contributed by atoms with Crippen molar-refractivity contribution >= 4 is 23.6 Å². The average Bonchev–Trinajstić information content (AvgIpc) is 3.44. The Bertz CT molecular complexity index is 1160. The Morgan fingerprint density at radius 1 is 1.14 bits per heavy atom. The normalized spacial score (nSPS) is 20.2. The van der Waals surface area contributed by atoms with Gasteiger partial charge in [0.25, 0.3) is 5.91 Å². The quantitative estimate of drug-likeness (QED) is 0.269. The van der Waals surface area contributed by atoms with Gasteiger partial charge in [0.2, 0.25) is 0 Å². The highest BCUT2D eigenvalue weighted by molar-refractivity contribution is 7.99. The summed E-state index contributed by atoms with van der Waals surface area (Å²) in [6.07, 6.45) is 0.426. The van der Waals surface area contributed by atoms with Crippen LogP contribution >= 0.6 is 11.8 Å². The number of esters is 1. The molecule has 1 saturated heterocycles. The molecule has 1 amide bonds. The fraction of sp³-hybridized carbons (Fsp3) is 0.385. The zero-order valence-electron chi connectivity index (χ0n) is 20.6. The number of carbonyl (C=O) groups is 2. The molecule has 0 bridgehead atoms. The Hall–Kier alpha value is -3.25. The number of aromatic amines is 1. The lowest BCUT2D eigenvalue weighted by Crippen LogP contribution is -2.35. The molecule has 10 nitrogen and oxygen atoms in total. The molecule has 1 aliphatic heterocycles.